The first kappa shape index (κ1) is 22.0. The van der Waals surface area contributed by atoms with Gasteiger partial charge in [-0.3, -0.25) is 9.10 Å². The molecule has 2 aromatic rings. The number of benzene rings is 2. The fourth-order valence-electron chi connectivity index (χ4n) is 2.49. The van der Waals surface area contributed by atoms with Gasteiger partial charge in [-0.05, 0) is 24.3 Å². The Kier molecular flexibility index (Phi) is 7.43. The van der Waals surface area contributed by atoms with E-state index in [0.717, 1.165) is 10.6 Å². The van der Waals surface area contributed by atoms with Gasteiger partial charge < -0.3 is 14.2 Å². The molecule has 1 amide bonds. The predicted molar refractivity (Wildman–Crippen MR) is 110 cm³/mol. The number of anilines is 1. The van der Waals surface area contributed by atoms with Crippen molar-refractivity contribution in [2.24, 2.45) is 5.10 Å². The van der Waals surface area contributed by atoms with E-state index in [2.05, 4.69) is 10.5 Å². The summed E-state index contributed by atoms with van der Waals surface area (Å²) < 4.78 is 40.9. The molecule has 29 heavy (non-hydrogen) atoms. The molecule has 2 aromatic carbocycles. The van der Waals surface area contributed by atoms with Crippen LogP contribution in [0.4, 0.5) is 5.69 Å². The summed E-state index contributed by atoms with van der Waals surface area (Å²) in [6.45, 7) is -0.461. The van der Waals surface area contributed by atoms with Crippen LogP contribution in [0.2, 0.25) is 0 Å². The summed E-state index contributed by atoms with van der Waals surface area (Å²) in [5, 5.41) is 3.87. The van der Waals surface area contributed by atoms with Crippen LogP contribution in [0, 0.1) is 0 Å². The van der Waals surface area contributed by atoms with E-state index in [1.807, 2.05) is 6.07 Å². The third-order valence-corrected chi connectivity index (χ3v) is 5.02. The zero-order valence-electron chi connectivity index (χ0n) is 16.6. The normalized spacial score (nSPS) is 11.2. The van der Waals surface area contributed by atoms with Gasteiger partial charge in [0.05, 0.1) is 39.5 Å². The maximum Gasteiger partial charge on any atom is 0.260 e. The van der Waals surface area contributed by atoms with Crippen LogP contribution in [0.1, 0.15) is 5.56 Å². The van der Waals surface area contributed by atoms with Crippen molar-refractivity contribution in [2.45, 2.75) is 0 Å². The average molecular weight is 421 g/mol. The van der Waals surface area contributed by atoms with E-state index in [9.17, 15) is 13.2 Å². The molecule has 10 heteroatoms. The first-order chi connectivity index (χ1) is 13.8. The lowest BCUT2D eigenvalue weighted by Crippen LogP contribution is -2.39. The summed E-state index contributed by atoms with van der Waals surface area (Å²) in [6, 6.07) is 11.7. The molecule has 0 aliphatic rings. The lowest BCUT2D eigenvalue weighted by atomic mass is 10.2. The Labute approximate surface area is 169 Å². The second-order valence-electron chi connectivity index (χ2n) is 5.84. The number of sulfonamides is 1. The van der Waals surface area contributed by atoms with Crippen molar-refractivity contribution < 1.29 is 27.4 Å². The summed E-state index contributed by atoms with van der Waals surface area (Å²) in [6.07, 6.45) is 2.42. The van der Waals surface area contributed by atoms with Crippen molar-refractivity contribution in [3.05, 3.63) is 48.0 Å². The highest BCUT2D eigenvalue weighted by atomic mass is 32.2. The number of nitrogens with zero attached hydrogens (tertiary/aromatic N) is 2. The van der Waals surface area contributed by atoms with Crippen LogP contribution in [-0.4, -0.2) is 54.7 Å². The van der Waals surface area contributed by atoms with Crippen LogP contribution < -0.4 is 23.9 Å². The third kappa shape index (κ3) is 5.85. The van der Waals surface area contributed by atoms with Gasteiger partial charge in [0.15, 0.2) is 11.5 Å². The van der Waals surface area contributed by atoms with Crippen LogP contribution in [-0.2, 0) is 14.8 Å². The first-order valence-corrected chi connectivity index (χ1v) is 10.3. The molecule has 2 rings (SSSR count). The molecular weight excluding hydrogens is 398 g/mol. The van der Waals surface area contributed by atoms with E-state index in [-0.39, 0.29) is 5.69 Å². The maximum atomic E-state index is 12.3. The lowest BCUT2D eigenvalue weighted by molar-refractivity contribution is -0.119. The summed E-state index contributed by atoms with van der Waals surface area (Å²) in [5.41, 5.74) is 3.24. The zero-order chi connectivity index (χ0) is 21.4. The van der Waals surface area contributed by atoms with Gasteiger partial charge >= 0.3 is 0 Å². The van der Waals surface area contributed by atoms with Gasteiger partial charge in [0.25, 0.3) is 5.91 Å². The summed E-state index contributed by atoms with van der Waals surface area (Å²) in [7, 11) is 0.692. The van der Waals surface area contributed by atoms with Crippen molar-refractivity contribution >= 4 is 27.8 Å². The summed E-state index contributed by atoms with van der Waals surface area (Å²) in [4.78, 5) is 12.3. The molecular formula is C19H23N3O6S. The molecule has 0 aromatic heterocycles. The molecule has 0 aliphatic heterocycles. The Hall–Kier alpha value is -3.27. The number of hydrogen-bond donors (Lipinski definition) is 1. The number of rotatable bonds is 9. The number of nitrogens with one attached hydrogen (secondary N) is 1. The fraction of sp³-hybridized carbons (Fsp3) is 0.263. The highest BCUT2D eigenvalue weighted by Crippen LogP contribution is 2.32. The predicted octanol–water partition coefficient (Wildman–Crippen LogP) is 1.63. The number of ether oxygens (including phenoxy) is 3. The van der Waals surface area contributed by atoms with Gasteiger partial charge in [-0.2, -0.15) is 5.10 Å². The fourth-order valence-corrected chi connectivity index (χ4v) is 3.34. The quantitative estimate of drug-likeness (QED) is 0.487. The Morgan fingerprint density at radius 2 is 1.69 bits per heavy atom. The van der Waals surface area contributed by atoms with Gasteiger partial charge in [0, 0.05) is 11.6 Å². The molecule has 0 radical (unpaired) electrons. The number of methoxy groups -OCH3 is 3. The largest absolute Gasteiger partial charge is 0.496 e. The Morgan fingerprint density at radius 1 is 1.03 bits per heavy atom. The van der Waals surface area contributed by atoms with Gasteiger partial charge in [-0.1, -0.05) is 12.1 Å². The molecule has 0 aliphatic carbocycles. The monoisotopic (exact) mass is 421 g/mol. The second kappa shape index (κ2) is 9.78. The minimum Gasteiger partial charge on any atom is -0.496 e. The van der Waals surface area contributed by atoms with Crippen molar-refractivity contribution in [1.82, 2.24) is 5.43 Å². The smallest absolute Gasteiger partial charge is 0.260 e. The minimum atomic E-state index is -3.74. The zero-order valence-corrected chi connectivity index (χ0v) is 17.4. The summed E-state index contributed by atoms with van der Waals surface area (Å²) >= 11 is 0. The first-order valence-electron chi connectivity index (χ1n) is 8.44. The summed E-state index contributed by atoms with van der Waals surface area (Å²) in [5.74, 6) is 0.758. The van der Waals surface area contributed by atoms with E-state index in [1.54, 1.807) is 24.3 Å². The van der Waals surface area contributed by atoms with Crippen molar-refractivity contribution in [1.29, 1.82) is 0 Å². The molecule has 0 saturated carbocycles. The molecule has 9 nitrogen and oxygen atoms in total. The Morgan fingerprint density at radius 3 is 2.31 bits per heavy atom. The number of carbonyl (C=O) groups excluding carboxylic acids is 1. The number of amides is 1. The van der Waals surface area contributed by atoms with Gasteiger partial charge in [-0.25, -0.2) is 13.8 Å². The van der Waals surface area contributed by atoms with Gasteiger partial charge in [0.2, 0.25) is 10.0 Å². The van der Waals surface area contributed by atoms with Crippen LogP contribution in [0.3, 0.4) is 0 Å². The topological polar surface area (TPSA) is 107 Å². The van der Waals surface area contributed by atoms with E-state index in [4.69, 9.17) is 14.2 Å². The van der Waals surface area contributed by atoms with Crippen molar-refractivity contribution in [3.63, 3.8) is 0 Å². The SMILES string of the molecule is COc1ccccc1/C=N\NC(=O)CN(c1ccc(OC)c(OC)c1)S(C)(=O)=O. The van der Waals surface area contributed by atoms with Gasteiger partial charge in [-0.15, -0.1) is 0 Å². The van der Waals surface area contributed by atoms with Crippen molar-refractivity contribution in [2.75, 3.05) is 38.4 Å². The van der Waals surface area contributed by atoms with E-state index < -0.39 is 22.5 Å². The number of hydrogen-bond acceptors (Lipinski definition) is 7. The van der Waals surface area contributed by atoms with E-state index in [1.165, 1.54) is 39.7 Å². The molecule has 0 heterocycles. The second-order valence-corrected chi connectivity index (χ2v) is 7.75. The number of carbonyl (C=O) groups is 1. The molecule has 0 bridgehead atoms. The highest BCUT2D eigenvalue weighted by Gasteiger charge is 2.22. The Balaban J connectivity index is 2.17. The Bertz CT molecular complexity index is 991. The van der Waals surface area contributed by atoms with Crippen LogP contribution >= 0.6 is 0 Å². The van der Waals surface area contributed by atoms with Gasteiger partial charge in [0.1, 0.15) is 12.3 Å². The molecule has 0 unspecified atom stereocenters. The molecule has 0 atom stereocenters. The minimum absolute atomic E-state index is 0.258. The van der Waals surface area contributed by atoms with E-state index in [0.29, 0.717) is 22.8 Å². The van der Waals surface area contributed by atoms with Crippen molar-refractivity contribution in [3.8, 4) is 17.2 Å². The molecule has 156 valence electrons. The van der Waals surface area contributed by atoms with E-state index >= 15 is 0 Å². The third-order valence-electron chi connectivity index (χ3n) is 3.87. The standard InChI is InChI=1S/C19H23N3O6S/c1-26-16-8-6-5-7-14(16)12-20-21-19(23)13-22(29(4,24)25)15-9-10-17(27-2)18(11-15)28-3/h5-12H,13H2,1-4H3,(H,21,23)/b20-12-. The molecule has 1 N–H and O–H groups in total. The highest BCUT2D eigenvalue weighted by molar-refractivity contribution is 7.92. The lowest BCUT2D eigenvalue weighted by Gasteiger charge is -2.22. The molecule has 0 fully saturated rings. The van der Waals surface area contributed by atoms with Crippen LogP contribution in [0.15, 0.2) is 47.6 Å². The van der Waals surface area contributed by atoms with Crippen LogP contribution in [0.25, 0.3) is 0 Å². The molecule has 0 spiro atoms. The number of para-hydroxylation sites is 1. The number of hydrazone groups is 1. The molecule has 0 saturated heterocycles. The average Bonchev–Trinajstić information content (AvgIpc) is 2.71. The maximum absolute atomic E-state index is 12.3. The van der Waals surface area contributed by atoms with Crippen LogP contribution in [0.5, 0.6) is 17.2 Å².